The maximum atomic E-state index is 12.0. The highest BCUT2D eigenvalue weighted by Crippen LogP contribution is 2.65. The number of carbonyl (C=O) groups is 2. The van der Waals surface area contributed by atoms with Crippen molar-refractivity contribution in [3.05, 3.63) is 11.6 Å². The van der Waals surface area contributed by atoms with Crippen LogP contribution in [0.3, 0.4) is 0 Å². The Labute approximate surface area is 175 Å². The zero-order valence-corrected chi connectivity index (χ0v) is 18.7. The first-order valence-corrected chi connectivity index (χ1v) is 11.9. The molecular formula is C25H38O4. The second-order valence-corrected chi connectivity index (χ2v) is 10.4. The van der Waals surface area contributed by atoms with Crippen molar-refractivity contribution in [1.29, 1.82) is 0 Å². The largest absolute Gasteiger partial charge is 0.462 e. The third kappa shape index (κ3) is 3.45. The van der Waals surface area contributed by atoms with Gasteiger partial charge in [0.05, 0.1) is 0 Å². The van der Waals surface area contributed by atoms with Crippen LogP contribution in [-0.4, -0.2) is 24.1 Å². The van der Waals surface area contributed by atoms with Gasteiger partial charge >= 0.3 is 11.9 Å². The monoisotopic (exact) mass is 402 g/mol. The van der Waals surface area contributed by atoms with Crippen molar-refractivity contribution in [2.24, 2.45) is 28.6 Å². The third-order valence-electron chi connectivity index (χ3n) is 9.12. The van der Waals surface area contributed by atoms with Gasteiger partial charge < -0.3 is 9.47 Å². The summed E-state index contributed by atoms with van der Waals surface area (Å²) in [5.41, 5.74) is 1.93. The summed E-state index contributed by atoms with van der Waals surface area (Å²) < 4.78 is 11.6. The summed E-state index contributed by atoms with van der Waals surface area (Å²) in [5, 5.41) is 0. The molecule has 4 nitrogen and oxygen atoms in total. The van der Waals surface area contributed by atoms with E-state index >= 15 is 0 Å². The minimum atomic E-state index is -0.0869. The molecule has 0 aliphatic heterocycles. The molecule has 4 heteroatoms. The van der Waals surface area contributed by atoms with Crippen molar-refractivity contribution < 1.29 is 19.1 Å². The Morgan fingerprint density at radius 2 is 1.66 bits per heavy atom. The van der Waals surface area contributed by atoms with Crippen molar-refractivity contribution in [2.75, 3.05) is 0 Å². The highest BCUT2D eigenvalue weighted by atomic mass is 16.5. The molecule has 3 fully saturated rings. The van der Waals surface area contributed by atoms with Gasteiger partial charge in [-0.05, 0) is 80.6 Å². The quantitative estimate of drug-likeness (QED) is 0.454. The molecule has 0 aromatic rings. The number of fused-ring (bicyclic) bond motifs is 5. The topological polar surface area (TPSA) is 52.6 Å². The van der Waals surface area contributed by atoms with Gasteiger partial charge in [0.15, 0.2) is 0 Å². The predicted octanol–water partition coefficient (Wildman–Crippen LogP) is 5.59. The standard InChI is InChI=1S/C25H38O4/c1-5-22(26)28-17-11-13-24(3)16(15-17)7-8-18-19-9-10-21(29-23(27)6-2)25(19,4)14-12-20(18)24/h15,17-21H,5-14H2,1-4H3/t17-,18-,19-,20-,21-,24-,25-/m0/s1. The molecule has 3 saturated carbocycles. The molecule has 0 heterocycles. The molecule has 7 atom stereocenters. The summed E-state index contributed by atoms with van der Waals surface area (Å²) in [6.07, 6.45) is 12.4. The van der Waals surface area contributed by atoms with E-state index in [9.17, 15) is 9.59 Å². The minimum Gasteiger partial charge on any atom is -0.462 e. The van der Waals surface area contributed by atoms with Crippen LogP contribution in [0.15, 0.2) is 11.6 Å². The molecule has 4 aliphatic rings. The third-order valence-corrected chi connectivity index (χ3v) is 9.12. The summed E-state index contributed by atoms with van der Waals surface area (Å²) in [7, 11) is 0. The average Bonchev–Trinajstić information content (AvgIpc) is 3.04. The van der Waals surface area contributed by atoms with Crippen molar-refractivity contribution in [3.8, 4) is 0 Å². The maximum Gasteiger partial charge on any atom is 0.306 e. The van der Waals surface area contributed by atoms with Crippen LogP contribution in [0, 0.1) is 28.6 Å². The van der Waals surface area contributed by atoms with Gasteiger partial charge in [-0.25, -0.2) is 0 Å². The molecule has 0 amide bonds. The number of allylic oxidation sites excluding steroid dienone is 1. The maximum absolute atomic E-state index is 12.0. The smallest absolute Gasteiger partial charge is 0.306 e. The van der Waals surface area contributed by atoms with Crippen LogP contribution in [0.5, 0.6) is 0 Å². The van der Waals surface area contributed by atoms with Gasteiger partial charge in [-0.15, -0.1) is 0 Å². The molecule has 0 aromatic heterocycles. The molecule has 0 N–H and O–H groups in total. The van der Waals surface area contributed by atoms with E-state index in [0.717, 1.165) is 38.0 Å². The fourth-order valence-corrected chi connectivity index (χ4v) is 7.43. The van der Waals surface area contributed by atoms with Gasteiger partial charge in [-0.3, -0.25) is 9.59 Å². The molecule has 4 rings (SSSR count). The number of hydrogen-bond donors (Lipinski definition) is 0. The lowest BCUT2D eigenvalue weighted by Crippen LogP contribution is -2.52. The summed E-state index contributed by atoms with van der Waals surface area (Å²) >= 11 is 0. The lowest BCUT2D eigenvalue weighted by Gasteiger charge is -2.58. The molecule has 0 saturated heterocycles. The predicted molar refractivity (Wildman–Crippen MR) is 112 cm³/mol. The Morgan fingerprint density at radius 3 is 2.38 bits per heavy atom. The van der Waals surface area contributed by atoms with E-state index in [1.54, 1.807) is 0 Å². The summed E-state index contributed by atoms with van der Waals surface area (Å²) in [4.78, 5) is 23.7. The summed E-state index contributed by atoms with van der Waals surface area (Å²) in [6, 6.07) is 0. The molecule has 0 radical (unpaired) electrons. The van der Waals surface area contributed by atoms with E-state index in [1.807, 2.05) is 13.8 Å². The van der Waals surface area contributed by atoms with Gasteiger partial charge in [0.1, 0.15) is 12.2 Å². The summed E-state index contributed by atoms with van der Waals surface area (Å²) in [5.74, 6) is 1.99. The van der Waals surface area contributed by atoms with Gasteiger partial charge in [0, 0.05) is 18.3 Å². The van der Waals surface area contributed by atoms with Crippen LogP contribution >= 0.6 is 0 Å². The highest BCUT2D eigenvalue weighted by Gasteiger charge is 2.60. The van der Waals surface area contributed by atoms with Crippen molar-refractivity contribution in [3.63, 3.8) is 0 Å². The van der Waals surface area contributed by atoms with Crippen LogP contribution in [0.2, 0.25) is 0 Å². The van der Waals surface area contributed by atoms with E-state index in [0.29, 0.717) is 24.7 Å². The van der Waals surface area contributed by atoms with Crippen LogP contribution in [0.1, 0.15) is 91.9 Å². The highest BCUT2D eigenvalue weighted by molar-refractivity contribution is 5.69. The molecule has 162 valence electrons. The minimum absolute atomic E-state index is 0.0275. The molecule has 4 aliphatic carbocycles. The van der Waals surface area contributed by atoms with Crippen LogP contribution in [-0.2, 0) is 19.1 Å². The lowest BCUT2D eigenvalue weighted by molar-refractivity contribution is -0.159. The fraction of sp³-hybridized carbons (Fsp3) is 0.840. The average molecular weight is 403 g/mol. The molecule has 0 unspecified atom stereocenters. The van der Waals surface area contributed by atoms with Crippen LogP contribution in [0.4, 0.5) is 0 Å². The first kappa shape index (κ1) is 20.9. The van der Waals surface area contributed by atoms with E-state index in [-0.39, 0.29) is 35.0 Å². The Bertz CT molecular complexity index is 697. The zero-order chi connectivity index (χ0) is 20.8. The number of ether oxygens (including phenoxy) is 2. The van der Waals surface area contributed by atoms with Crippen LogP contribution in [0.25, 0.3) is 0 Å². The van der Waals surface area contributed by atoms with E-state index < -0.39 is 0 Å². The van der Waals surface area contributed by atoms with Crippen molar-refractivity contribution in [2.45, 2.75) is 104 Å². The molecule has 29 heavy (non-hydrogen) atoms. The van der Waals surface area contributed by atoms with Crippen LogP contribution < -0.4 is 0 Å². The molecule has 0 aromatic carbocycles. The zero-order valence-electron chi connectivity index (χ0n) is 18.7. The van der Waals surface area contributed by atoms with Gasteiger partial charge in [0.25, 0.3) is 0 Å². The van der Waals surface area contributed by atoms with Crippen molar-refractivity contribution in [1.82, 2.24) is 0 Å². The number of hydrogen-bond acceptors (Lipinski definition) is 4. The number of esters is 2. The lowest BCUT2D eigenvalue weighted by atomic mass is 9.47. The van der Waals surface area contributed by atoms with Crippen molar-refractivity contribution >= 4 is 11.9 Å². The van der Waals surface area contributed by atoms with Gasteiger partial charge in [0.2, 0.25) is 0 Å². The van der Waals surface area contributed by atoms with E-state index in [2.05, 4.69) is 19.9 Å². The Kier molecular flexibility index (Phi) is 5.59. The van der Waals surface area contributed by atoms with Gasteiger partial charge in [-0.1, -0.05) is 33.3 Å². The Morgan fingerprint density at radius 1 is 0.931 bits per heavy atom. The summed E-state index contributed by atoms with van der Waals surface area (Å²) in [6.45, 7) is 8.61. The number of rotatable bonds is 4. The Hall–Kier alpha value is -1.32. The molecular weight excluding hydrogens is 364 g/mol. The SMILES string of the molecule is CCC(=O)O[C@@H]1C=C2CC[C@H]3[C@@H]4CC[C@H](OC(=O)CC)[C@@]4(C)CC[C@@H]3[C@@]2(C)CC1. The number of carbonyl (C=O) groups excluding carboxylic acids is 2. The first-order valence-electron chi connectivity index (χ1n) is 11.9. The second-order valence-electron chi connectivity index (χ2n) is 10.4. The Balaban J connectivity index is 1.52. The van der Waals surface area contributed by atoms with E-state index in [4.69, 9.17) is 9.47 Å². The normalized spacial score (nSPS) is 43.4. The fourth-order valence-electron chi connectivity index (χ4n) is 7.43. The molecule has 0 spiro atoms. The second kappa shape index (κ2) is 7.74. The first-order chi connectivity index (χ1) is 13.8. The van der Waals surface area contributed by atoms with Gasteiger partial charge in [-0.2, -0.15) is 0 Å². The molecule has 0 bridgehead atoms. The van der Waals surface area contributed by atoms with E-state index in [1.165, 1.54) is 24.8 Å².